The molecule has 2 rings (SSSR count). The van der Waals surface area contributed by atoms with E-state index in [1.165, 1.54) is 6.07 Å². The first-order valence-electron chi connectivity index (χ1n) is 5.90. The van der Waals surface area contributed by atoms with E-state index in [4.69, 9.17) is 11.6 Å². The monoisotopic (exact) mass is 267 g/mol. The van der Waals surface area contributed by atoms with Crippen molar-refractivity contribution in [1.29, 1.82) is 0 Å². The summed E-state index contributed by atoms with van der Waals surface area (Å²) in [6, 6.07) is 4.41. The molecule has 0 saturated carbocycles. The Morgan fingerprint density at radius 3 is 2.94 bits per heavy atom. The number of imidazole rings is 1. The fraction of sp³-hybridized carbons (Fsp3) is 0.308. The van der Waals surface area contributed by atoms with Crippen LogP contribution >= 0.6 is 11.6 Å². The summed E-state index contributed by atoms with van der Waals surface area (Å²) < 4.78 is 14.0. The molecule has 96 valence electrons. The third kappa shape index (κ3) is 2.89. The number of rotatable bonds is 5. The standard InChI is InChI=1S/C13H15ClFN3/c1-2-5-16-12(13-17-6-7-18-13)10-4-3-9(14)8-11(10)15/h3-4,6-8,12,16H,2,5H2,1H3,(H,17,18). The molecule has 5 heteroatoms. The van der Waals surface area contributed by atoms with Crippen molar-refractivity contribution in [3.8, 4) is 0 Å². The first kappa shape index (κ1) is 13.1. The number of aromatic amines is 1. The number of benzene rings is 1. The zero-order chi connectivity index (χ0) is 13.0. The molecule has 18 heavy (non-hydrogen) atoms. The number of nitrogens with zero attached hydrogens (tertiary/aromatic N) is 1. The van der Waals surface area contributed by atoms with Gasteiger partial charge in [0.1, 0.15) is 11.6 Å². The van der Waals surface area contributed by atoms with Crippen molar-refractivity contribution in [3.05, 3.63) is 52.8 Å². The zero-order valence-corrected chi connectivity index (χ0v) is 10.8. The third-order valence-corrected chi connectivity index (χ3v) is 2.90. The lowest BCUT2D eigenvalue weighted by Gasteiger charge is -2.17. The van der Waals surface area contributed by atoms with Crippen LogP contribution in [0.15, 0.2) is 30.6 Å². The Morgan fingerprint density at radius 1 is 1.50 bits per heavy atom. The number of hydrogen-bond donors (Lipinski definition) is 2. The van der Waals surface area contributed by atoms with E-state index in [9.17, 15) is 4.39 Å². The molecule has 1 heterocycles. The molecule has 0 aliphatic carbocycles. The van der Waals surface area contributed by atoms with Crippen LogP contribution in [0, 0.1) is 5.82 Å². The van der Waals surface area contributed by atoms with Crippen molar-refractivity contribution in [2.45, 2.75) is 19.4 Å². The van der Waals surface area contributed by atoms with Crippen LogP contribution in [0.1, 0.15) is 30.8 Å². The zero-order valence-electron chi connectivity index (χ0n) is 10.1. The lowest BCUT2D eigenvalue weighted by Crippen LogP contribution is -2.25. The van der Waals surface area contributed by atoms with Gasteiger partial charge in [0.25, 0.3) is 0 Å². The first-order valence-corrected chi connectivity index (χ1v) is 6.27. The van der Waals surface area contributed by atoms with Crippen LogP contribution in [-0.2, 0) is 0 Å². The van der Waals surface area contributed by atoms with Gasteiger partial charge in [-0.1, -0.05) is 24.6 Å². The fourth-order valence-electron chi connectivity index (χ4n) is 1.81. The lowest BCUT2D eigenvalue weighted by atomic mass is 10.1. The Kier molecular flexibility index (Phi) is 4.33. The average molecular weight is 268 g/mol. The van der Waals surface area contributed by atoms with Gasteiger partial charge in [-0.2, -0.15) is 0 Å². The van der Waals surface area contributed by atoms with Gasteiger partial charge in [-0.05, 0) is 25.1 Å². The highest BCUT2D eigenvalue weighted by Crippen LogP contribution is 2.24. The van der Waals surface area contributed by atoms with E-state index in [-0.39, 0.29) is 11.9 Å². The fourth-order valence-corrected chi connectivity index (χ4v) is 1.97. The molecule has 0 aliphatic rings. The minimum absolute atomic E-state index is 0.280. The number of aromatic nitrogens is 2. The SMILES string of the molecule is CCCNC(c1ncc[nH]1)c1ccc(Cl)cc1F. The molecular weight excluding hydrogens is 253 g/mol. The molecule has 3 nitrogen and oxygen atoms in total. The van der Waals surface area contributed by atoms with Gasteiger partial charge in [0.15, 0.2) is 0 Å². The summed E-state index contributed by atoms with van der Waals surface area (Å²) >= 11 is 5.77. The summed E-state index contributed by atoms with van der Waals surface area (Å²) in [6.07, 6.45) is 4.35. The summed E-state index contributed by atoms with van der Waals surface area (Å²) in [5.74, 6) is 0.372. The minimum atomic E-state index is -0.326. The van der Waals surface area contributed by atoms with Crippen LogP contribution in [0.25, 0.3) is 0 Å². The van der Waals surface area contributed by atoms with Gasteiger partial charge in [-0.3, -0.25) is 0 Å². The molecule has 1 aromatic heterocycles. The molecule has 1 aromatic carbocycles. The molecular formula is C13H15ClFN3. The maximum Gasteiger partial charge on any atom is 0.129 e. The van der Waals surface area contributed by atoms with E-state index in [0.29, 0.717) is 16.4 Å². The van der Waals surface area contributed by atoms with Crippen LogP contribution in [0.5, 0.6) is 0 Å². The summed E-state index contributed by atoms with van der Waals surface area (Å²) in [5.41, 5.74) is 0.544. The van der Waals surface area contributed by atoms with Gasteiger partial charge in [0, 0.05) is 23.0 Å². The minimum Gasteiger partial charge on any atom is -0.347 e. The molecule has 1 unspecified atom stereocenters. The van der Waals surface area contributed by atoms with Crippen molar-refractivity contribution < 1.29 is 4.39 Å². The molecule has 2 aromatic rings. The Bertz CT molecular complexity index is 499. The van der Waals surface area contributed by atoms with Crippen molar-refractivity contribution in [1.82, 2.24) is 15.3 Å². The van der Waals surface area contributed by atoms with Gasteiger partial charge < -0.3 is 10.3 Å². The second-order valence-electron chi connectivity index (χ2n) is 4.03. The average Bonchev–Trinajstić information content (AvgIpc) is 2.85. The van der Waals surface area contributed by atoms with Crippen LogP contribution < -0.4 is 5.32 Å². The molecule has 0 amide bonds. The topological polar surface area (TPSA) is 40.7 Å². The van der Waals surface area contributed by atoms with E-state index < -0.39 is 0 Å². The summed E-state index contributed by atoms with van der Waals surface area (Å²) in [7, 11) is 0. The molecule has 1 atom stereocenters. The largest absolute Gasteiger partial charge is 0.347 e. The van der Waals surface area contributed by atoms with Crippen molar-refractivity contribution >= 4 is 11.6 Å². The van der Waals surface area contributed by atoms with E-state index >= 15 is 0 Å². The van der Waals surface area contributed by atoms with E-state index in [1.807, 2.05) is 0 Å². The second kappa shape index (κ2) is 5.98. The quantitative estimate of drug-likeness (QED) is 0.873. The van der Waals surface area contributed by atoms with E-state index in [1.54, 1.807) is 24.5 Å². The van der Waals surface area contributed by atoms with Crippen LogP contribution in [-0.4, -0.2) is 16.5 Å². The summed E-state index contributed by atoms with van der Waals surface area (Å²) in [4.78, 5) is 7.20. The molecule has 0 radical (unpaired) electrons. The number of nitrogens with one attached hydrogen (secondary N) is 2. The Labute approximate surface area is 110 Å². The molecule has 0 spiro atoms. The highest BCUT2D eigenvalue weighted by Gasteiger charge is 2.19. The van der Waals surface area contributed by atoms with Crippen LogP contribution in [0.2, 0.25) is 5.02 Å². The molecule has 0 fully saturated rings. The molecule has 2 N–H and O–H groups in total. The van der Waals surface area contributed by atoms with Crippen molar-refractivity contribution in [3.63, 3.8) is 0 Å². The Hall–Kier alpha value is -1.39. The predicted octanol–water partition coefficient (Wildman–Crippen LogP) is 3.29. The highest BCUT2D eigenvalue weighted by molar-refractivity contribution is 6.30. The van der Waals surface area contributed by atoms with Gasteiger partial charge >= 0.3 is 0 Å². The van der Waals surface area contributed by atoms with Crippen molar-refractivity contribution in [2.24, 2.45) is 0 Å². The number of halogens is 2. The number of H-pyrrole nitrogens is 1. The number of hydrogen-bond acceptors (Lipinski definition) is 2. The maximum atomic E-state index is 14.0. The lowest BCUT2D eigenvalue weighted by molar-refractivity contribution is 0.533. The smallest absolute Gasteiger partial charge is 0.129 e. The summed E-state index contributed by atoms with van der Waals surface area (Å²) in [5, 5.41) is 3.67. The summed E-state index contributed by atoms with van der Waals surface area (Å²) in [6.45, 7) is 2.85. The van der Waals surface area contributed by atoms with Gasteiger partial charge in [0.05, 0.1) is 6.04 Å². The molecule has 0 aliphatic heterocycles. The predicted molar refractivity (Wildman–Crippen MR) is 70.1 cm³/mol. The third-order valence-electron chi connectivity index (χ3n) is 2.66. The Balaban J connectivity index is 2.33. The van der Waals surface area contributed by atoms with Crippen molar-refractivity contribution in [2.75, 3.05) is 6.54 Å². The van der Waals surface area contributed by atoms with Gasteiger partial charge in [-0.25, -0.2) is 9.37 Å². The highest BCUT2D eigenvalue weighted by atomic mass is 35.5. The van der Waals surface area contributed by atoms with Gasteiger partial charge in [-0.15, -0.1) is 0 Å². The van der Waals surface area contributed by atoms with E-state index in [2.05, 4.69) is 22.2 Å². The van der Waals surface area contributed by atoms with Crippen LogP contribution in [0.4, 0.5) is 4.39 Å². The maximum absolute atomic E-state index is 14.0. The Morgan fingerprint density at radius 2 is 2.33 bits per heavy atom. The van der Waals surface area contributed by atoms with Gasteiger partial charge in [0.2, 0.25) is 0 Å². The second-order valence-corrected chi connectivity index (χ2v) is 4.46. The van der Waals surface area contributed by atoms with Crippen LogP contribution in [0.3, 0.4) is 0 Å². The molecule has 0 bridgehead atoms. The first-order chi connectivity index (χ1) is 8.72. The normalized spacial score (nSPS) is 12.6. The molecule has 0 saturated heterocycles. The van der Waals surface area contributed by atoms with E-state index in [0.717, 1.165) is 13.0 Å².